The van der Waals surface area contributed by atoms with E-state index < -0.39 is 5.60 Å². The minimum atomic E-state index is -0.533. The van der Waals surface area contributed by atoms with Gasteiger partial charge >= 0.3 is 6.09 Å². The Hall–Kier alpha value is -3.59. The van der Waals surface area contributed by atoms with Crippen LogP contribution in [0, 0.1) is 0 Å². The smallest absolute Gasteiger partial charge is 0.408 e. The monoisotopic (exact) mass is 506 g/mol. The van der Waals surface area contributed by atoms with E-state index >= 15 is 0 Å². The Labute approximate surface area is 216 Å². The molecule has 1 amide bonds. The lowest BCUT2D eigenvalue weighted by Crippen LogP contribution is -2.37. The lowest BCUT2D eigenvalue weighted by Gasteiger charge is -2.23. The summed E-state index contributed by atoms with van der Waals surface area (Å²) in [5.41, 5.74) is 1.75. The van der Waals surface area contributed by atoms with Crippen molar-refractivity contribution in [1.82, 2.24) is 19.8 Å². The van der Waals surface area contributed by atoms with Crippen molar-refractivity contribution in [3.05, 3.63) is 52.7 Å². The first kappa shape index (κ1) is 25.1. The van der Waals surface area contributed by atoms with E-state index in [0.717, 1.165) is 34.9 Å². The van der Waals surface area contributed by atoms with Crippen molar-refractivity contribution in [2.45, 2.75) is 56.8 Å². The van der Waals surface area contributed by atoms with Crippen LogP contribution in [0.1, 0.15) is 39.2 Å². The molecule has 1 aromatic carbocycles. The Morgan fingerprint density at radius 3 is 2.41 bits per heavy atom. The maximum absolute atomic E-state index is 12.6. The molecular weight excluding hydrogens is 472 g/mol. The second-order valence-electron chi connectivity index (χ2n) is 11.2. The van der Waals surface area contributed by atoms with Gasteiger partial charge in [0.15, 0.2) is 0 Å². The number of carbonyl (C=O) groups excluding carboxylic acids is 1. The van der Waals surface area contributed by atoms with Crippen molar-refractivity contribution in [3.8, 4) is 22.6 Å². The van der Waals surface area contributed by atoms with Gasteiger partial charge in [-0.2, -0.15) is 0 Å². The Bertz CT molecular complexity index is 1420. The van der Waals surface area contributed by atoms with Gasteiger partial charge in [-0.1, -0.05) is 0 Å². The second-order valence-corrected chi connectivity index (χ2v) is 11.2. The number of carbonyl (C=O) groups is 1. The first-order chi connectivity index (χ1) is 17.4. The molecule has 0 spiro atoms. The van der Waals surface area contributed by atoms with Crippen LogP contribution < -0.4 is 20.3 Å². The van der Waals surface area contributed by atoms with E-state index in [1.165, 1.54) is 0 Å². The number of ether oxygens (including phenoxy) is 3. The zero-order valence-corrected chi connectivity index (χ0v) is 22.5. The number of aromatic nitrogens is 2. The average molecular weight is 507 g/mol. The molecule has 0 bridgehead atoms. The summed E-state index contributed by atoms with van der Waals surface area (Å²) in [6.45, 7) is 6.17. The maximum atomic E-state index is 12.6. The molecule has 0 aliphatic heterocycles. The number of likely N-dealkylation sites (N-methyl/N-ethyl adjacent to an activating group) is 1. The number of nitrogens with zero attached hydrogens (tertiary/aromatic N) is 3. The van der Waals surface area contributed by atoms with Crippen LogP contribution in [0.5, 0.6) is 11.5 Å². The molecule has 1 N–H and O–H groups in total. The van der Waals surface area contributed by atoms with E-state index in [1.54, 1.807) is 38.2 Å². The van der Waals surface area contributed by atoms with Crippen molar-refractivity contribution in [2.75, 3.05) is 21.3 Å². The van der Waals surface area contributed by atoms with Gasteiger partial charge in [0.1, 0.15) is 17.1 Å². The molecule has 0 atom stereocenters. The van der Waals surface area contributed by atoms with Crippen molar-refractivity contribution < 1.29 is 19.0 Å². The summed E-state index contributed by atoms with van der Waals surface area (Å²) in [6, 6.07) is 5.81. The van der Waals surface area contributed by atoms with Gasteiger partial charge in [-0.15, -0.1) is 0 Å². The Kier molecular flexibility index (Phi) is 5.75. The number of hydrogen-bond acceptors (Lipinski definition) is 7. The standard InChI is InChI=1S/C28H34N4O5/c1-26(2,3)37-25(34)30-27-15-28(27,16-27)32(5)14-21-22(35-6)10-17(11-23(21)36-7)20-13-31(4)24(33)19-12-29-9-8-18(19)20/h8-13H,14-16H2,1-7H3,(H,30,34). The molecule has 0 unspecified atom stereocenters. The summed E-state index contributed by atoms with van der Waals surface area (Å²) in [5.74, 6) is 1.39. The van der Waals surface area contributed by atoms with Gasteiger partial charge in [0.2, 0.25) is 0 Å². The van der Waals surface area contributed by atoms with E-state index in [0.29, 0.717) is 23.4 Å². The summed E-state index contributed by atoms with van der Waals surface area (Å²) < 4.78 is 18.7. The van der Waals surface area contributed by atoms with E-state index in [2.05, 4.69) is 22.2 Å². The van der Waals surface area contributed by atoms with Gasteiger partial charge in [0.25, 0.3) is 5.56 Å². The number of benzene rings is 1. The largest absolute Gasteiger partial charge is 0.496 e. The van der Waals surface area contributed by atoms with Crippen LogP contribution in [0.3, 0.4) is 0 Å². The van der Waals surface area contributed by atoms with Crippen LogP contribution in [-0.2, 0) is 18.3 Å². The van der Waals surface area contributed by atoms with Gasteiger partial charge in [-0.3, -0.25) is 14.7 Å². The lowest BCUT2D eigenvalue weighted by atomic mass is 9.99. The highest BCUT2D eigenvalue weighted by Gasteiger charge is 2.86. The van der Waals surface area contributed by atoms with Crippen molar-refractivity contribution in [2.24, 2.45) is 7.05 Å². The Balaban J connectivity index is 1.43. The minimum Gasteiger partial charge on any atom is -0.496 e. The van der Waals surface area contributed by atoms with Crippen LogP contribution in [0.2, 0.25) is 0 Å². The first-order valence-corrected chi connectivity index (χ1v) is 12.3. The fourth-order valence-corrected chi connectivity index (χ4v) is 5.42. The fraction of sp³-hybridized carbons (Fsp3) is 0.464. The van der Waals surface area contributed by atoms with Gasteiger partial charge in [0, 0.05) is 43.3 Å². The zero-order valence-electron chi connectivity index (χ0n) is 22.5. The number of methoxy groups -OCH3 is 2. The quantitative estimate of drug-likeness (QED) is 0.520. The van der Waals surface area contributed by atoms with Crippen molar-refractivity contribution in [3.63, 3.8) is 0 Å². The zero-order chi connectivity index (χ0) is 26.8. The maximum Gasteiger partial charge on any atom is 0.408 e. The molecule has 9 nitrogen and oxygen atoms in total. The van der Waals surface area contributed by atoms with E-state index in [4.69, 9.17) is 14.2 Å². The molecular formula is C28H34N4O5. The number of pyridine rings is 2. The lowest BCUT2D eigenvalue weighted by molar-refractivity contribution is 0.0510. The van der Waals surface area contributed by atoms with E-state index in [-0.39, 0.29) is 22.7 Å². The molecule has 0 saturated heterocycles. The molecule has 9 heteroatoms. The third-order valence-corrected chi connectivity index (χ3v) is 7.60. The summed E-state index contributed by atoms with van der Waals surface area (Å²) in [5, 5.41) is 4.46. The molecule has 5 rings (SSSR count). The minimum absolute atomic E-state index is 0.0838. The van der Waals surface area contributed by atoms with Crippen LogP contribution in [-0.4, -0.2) is 58.5 Å². The highest BCUT2D eigenvalue weighted by molar-refractivity contribution is 5.95. The van der Waals surface area contributed by atoms with Gasteiger partial charge < -0.3 is 24.1 Å². The molecule has 2 aliphatic rings. The fourth-order valence-electron chi connectivity index (χ4n) is 5.42. The molecule has 2 heterocycles. The Morgan fingerprint density at radius 2 is 1.81 bits per heavy atom. The molecule has 2 aliphatic carbocycles. The van der Waals surface area contributed by atoms with Crippen molar-refractivity contribution >= 4 is 16.9 Å². The SMILES string of the molecule is COc1cc(-c2cn(C)c(=O)c3cnccc23)cc(OC)c1CN(C)C12CC1(NC(=O)OC(C)(C)C)C2. The topological polar surface area (TPSA) is 94.9 Å². The van der Waals surface area contributed by atoms with Crippen LogP contribution >= 0.6 is 0 Å². The normalized spacial score (nSPS) is 21.9. The summed E-state index contributed by atoms with van der Waals surface area (Å²) in [6.07, 6.45) is 6.51. The third kappa shape index (κ3) is 4.21. The van der Waals surface area contributed by atoms with Crippen LogP contribution in [0.25, 0.3) is 21.9 Å². The number of rotatable bonds is 7. The number of fused-ring (bicyclic) bond motifs is 2. The molecule has 2 fully saturated rings. The summed E-state index contributed by atoms with van der Waals surface area (Å²) in [4.78, 5) is 31.4. The number of hydrogen-bond donors (Lipinski definition) is 1. The van der Waals surface area contributed by atoms with E-state index in [1.807, 2.05) is 45.2 Å². The number of amides is 1. The number of aryl methyl sites for hydroxylation is 1. The van der Waals surface area contributed by atoms with Gasteiger partial charge in [-0.25, -0.2) is 4.79 Å². The molecule has 196 valence electrons. The van der Waals surface area contributed by atoms with E-state index in [9.17, 15) is 9.59 Å². The number of alkyl carbamates (subject to hydrolysis) is 1. The highest BCUT2D eigenvalue weighted by Crippen LogP contribution is 2.74. The molecule has 3 aromatic rings. The van der Waals surface area contributed by atoms with Gasteiger partial charge in [0.05, 0.1) is 30.7 Å². The predicted molar refractivity (Wildman–Crippen MR) is 141 cm³/mol. The number of nitrogens with one attached hydrogen (secondary N) is 1. The average Bonchev–Trinajstić information content (AvgIpc) is 3.67. The molecule has 0 radical (unpaired) electrons. The predicted octanol–water partition coefficient (Wildman–Crippen LogP) is 3.86. The van der Waals surface area contributed by atoms with Crippen molar-refractivity contribution in [1.29, 1.82) is 0 Å². The highest BCUT2D eigenvalue weighted by atomic mass is 16.6. The molecule has 2 aromatic heterocycles. The van der Waals surface area contributed by atoms with Crippen LogP contribution in [0.4, 0.5) is 4.79 Å². The molecule has 37 heavy (non-hydrogen) atoms. The van der Waals surface area contributed by atoms with Gasteiger partial charge in [-0.05, 0) is 69.8 Å². The van der Waals surface area contributed by atoms with Crippen LogP contribution in [0.15, 0.2) is 41.6 Å². The first-order valence-electron chi connectivity index (χ1n) is 12.3. The summed E-state index contributed by atoms with van der Waals surface area (Å²) in [7, 11) is 7.08. The molecule has 2 saturated carbocycles. The Morgan fingerprint density at radius 1 is 1.16 bits per heavy atom. The second kappa shape index (κ2) is 8.48. The third-order valence-electron chi connectivity index (χ3n) is 7.60. The summed E-state index contributed by atoms with van der Waals surface area (Å²) >= 11 is 0.